The number of carbonyl (C=O) groups excluding carboxylic acids is 1. The summed E-state index contributed by atoms with van der Waals surface area (Å²) in [5.74, 6) is 1.11. The molecule has 114 valence electrons. The van der Waals surface area contributed by atoms with Crippen LogP contribution in [0, 0.1) is 5.92 Å². The Morgan fingerprint density at radius 1 is 1.18 bits per heavy atom. The van der Waals surface area contributed by atoms with Crippen LogP contribution in [-0.2, 0) is 4.79 Å². The van der Waals surface area contributed by atoms with Gasteiger partial charge in [-0.15, -0.1) is 0 Å². The summed E-state index contributed by atoms with van der Waals surface area (Å²) in [4.78, 5) is 23.1. The van der Waals surface area contributed by atoms with Crippen LogP contribution in [0.3, 0.4) is 0 Å². The van der Waals surface area contributed by atoms with Crippen LogP contribution >= 0.6 is 11.6 Å². The number of rotatable bonds is 2. The molecule has 2 aliphatic rings. The lowest BCUT2D eigenvalue weighted by Gasteiger charge is -2.32. The number of nitrogens with zero attached hydrogens (tertiary/aromatic N) is 3. The largest absolute Gasteiger partial charge is 0.342 e. The van der Waals surface area contributed by atoms with Crippen molar-refractivity contribution in [2.45, 2.75) is 31.6 Å². The molecule has 3 heterocycles. The van der Waals surface area contributed by atoms with E-state index in [-0.39, 0.29) is 0 Å². The number of piperidine rings is 1. The maximum absolute atomic E-state index is 12.1. The molecule has 0 bridgehead atoms. The highest BCUT2D eigenvalue weighted by atomic mass is 35.5. The summed E-state index contributed by atoms with van der Waals surface area (Å²) >= 11 is 5.96. The molecule has 2 aromatic heterocycles. The van der Waals surface area contributed by atoms with E-state index in [4.69, 9.17) is 11.6 Å². The van der Waals surface area contributed by atoms with E-state index in [0.717, 1.165) is 55.5 Å². The Labute approximate surface area is 134 Å². The summed E-state index contributed by atoms with van der Waals surface area (Å²) in [5.41, 5.74) is 1.83. The van der Waals surface area contributed by atoms with Crippen molar-refractivity contribution >= 4 is 28.5 Å². The SMILES string of the molecule is O=C(C1CC1)N1CCC(c2ccc3cc(Cl)cnc3n2)CC1. The zero-order valence-electron chi connectivity index (χ0n) is 12.3. The van der Waals surface area contributed by atoms with E-state index in [1.807, 2.05) is 17.0 Å². The van der Waals surface area contributed by atoms with Gasteiger partial charge in [-0.25, -0.2) is 9.97 Å². The lowest BCUT2D eigenvalue weighted by atomic mass is 9.92. The Hall–Kier alpha value is -1.68. The van der Waals surface area contributed by atoms with Crippen molar-refractivity contribution in [1.29, 1.82) is 0 Å². The van der Waals surface area contributed by atoms with E-state index < -0.39 is 0 Å². The van der Waals surface area contributed by atoms with Crippen LogP contribution in [0.15, 0.2) is 24.4 Å². The van der Waals surface area contributed by atoms with Gasteiger partial charge in [0.25, 0.3) is 0 Å². The number of pyridine rings is 2. The van der Waals surface area contributed by atoms with Crippen molar-refractivity contribution in [2.24, 2.45) is 5.92 Å². The Morgan fingerprint density at radius 3 is 2.68 bits per heavy atom. The van der Waals surface area contributed by atoms with E-state index in [9.17, 15) is 4.79 Å². The van der Waals surface area contributed by atoms with Gasteiger partial charge in [-0.3, -0.25) is 4.79 Å². The lowest BCUT2D eigenvalue weighted by molar-refractivity contribution is -0.133. The quantitative estimate of drug-likeness (QED) is 0.853. The number of fused-ring (bicyclic) bond motifs is 1. The monoisotopic (exact) mass is 315 g/mol. The minimum absolute atomic E-state index is 0.323. The molecule has 0 spiro atoms. The van der Waals surface area contributed by atoms with Crippen LogP contribution in [0.2, 0.25) is 5.02 Å². The Balaban J connectivity index is 1.48. The predicted molar refractivity (Wildman–Crippen MR) is 85.8 cm³/mol. The fourth-order valence-corrected chi connectivity index (χ4v) is 3.38. The summed E-state index contributed by atoms with van der Waals surface area (Å²) < 4.78 is 0. The highest BCUT2D eigenvalue weighted by molar-refractivity contribution is 6.31. The summed E-state index contributed by atoms with van der Waals surface area (Å²) in [6.45, 7) is 1.71. The van der Waals surface area contributed by atoms with Gasteiger partial charge in [0.15, 0.2) is 5.65 Å². The minimum Gasteiger partial charge on any atom is -0.342 e. The number of hydrogen-bond donors (Lipinski definition) is 0. The van der Waals surface area contributed by atoms with Crippen LogP contribution < -0.4 is 0 Å². The van der Waals surface area contributed by atoms with Crippen molar-refractivity contribution in [2.75, 3.05) is 13.1 Å². The third kappa shape index (κ3) is 2.68. The van der Waals surface area contributed by atoms with Gasteiger partial charge >= 0.3 is 0 Å². The molecule has 0 atom stereocenters. The first kappa shape index (κ1) is 13.9. The normalized spacial score (nSPS) is 19.6. The van der Waals surface area contributed by atoms with Gasteiger partial charge in [0, 0.05) is 42.2 Å². The lowest BCUT2D eigenvalue weighted by Crippen LogP contribution is -2.38. The smallest absolute Gasteiger partial charge is 0.225 e. The highest BCUT2D eigenvalue weighted by Crippen LogP contribution is 2.34. The number of likely N-dealkylation sites (tertiary alicyclic amines) is 1. The molecule has 1 saturated carbocycles. The zero-order valence-corrected chi connectivity index (χ0v) is 13.1. The Morgan fingerprint density at radius 2 is 1.95 bits per heavy atom. The molecule has 5 heteroatoms. The second-order valence-corrected chi connectivity index (χ2v) is 6.75. The van der Waals surface area contributed by atoms with E-state index in [1.54, 1.807) is 6.20 Å². The molecule has 1 amide bonds. The van der Waals surface area contributed by atoms with E-state index in [0.29, 0.717) is 22.8 Å². The fourth-order valence-electron chi connectivity index (χ4n) is 3.21. The van der Waals surface area contributed by atoms with Crippen LogP contribution in [-0.4, -0.2) is 33.9 Å². The molecule has 22 heavy (non-hydrogen) atoms. The average molecular weight is 316 g/mol. The van der Waals surface area contributed by atoms with E-state index in [2.05, 4.69) is 16.0 Å². The van der Waals surface area contributed by atoms with E-state index >= 15 is 0 Å². The minimum atomic E-state index is 0.323. The standard InChI is InChI=1S/C17H18ClN3O/c18-14-9-13-3-4-15(20-16(13)19-10-14)11-5-7-21(8-6-11)17(22)12-1-2-12/h3-4,9-12H,1-2,5-8H2. The maximum atomic E-state index is 12.1. The molecule has 1 aliphatic heterocycles. The van der Waals surface area contributed by atoms with Gasteiger partial charge in [0.05, 0.1) is 5.02 Å². The number of hydrogen-bond acceptors (Lipinski definition) is 3. The molecule has 1 saturated heterocycles. The number of carbonyl (C=O) groups is 1. The first-order valence-electron chi connectivity index (χ1n) is 7.92. The zero-order chi connectivity index (χ0) is 15.1. The Kier molecular flexibility index (Phi) is 3.49. The molecule has 4 nitrogen and oxygen atoms in total. The summed E-state index contributed by atoms with van der Waals surface area (Å²) in [7, 11) is 0. The van der Waals surface area contributed by atoms with Gasteiger partial charge in [-0.1, -0.05) is 11.6 Å². The van der Waals surface area contributed by atoms with Crippen molar-refractivity contribution in [3.05, 3.63) is 35.1 Å². The van der Waals surface area contributed by atoms with Gasteiger partial charge in [-0.05, 0) is 43.9 Å². The van der Waals surface area contributed by atoms with Crippen LogP contribution in [0.4, 0.5) is 0 Å². The molecule has 0 radical (unpaired) electrons. The van der Waals surface area contributed by atoms with Crippen molar-refractivity contribution in [1.82, 2.24) is 14.9 Å². The summed E-state index contributed by atoms with van der Waals surface area (Å²) in [6, 6.07) is 6.00. The Bertz CT molecular complexity index is 721. The topological polar surface area (TPSA) is 46.1 Å². The average Bonchev–Trinajstić information content (AvgIpc) is 3.39. The van der Waals surface area contributed by atoms with Crippen LogP contribution in [0.1, 0.15) is 37.3 Å². The molecule has 1 aliphatic carbocycles. The fraction of sp³-hybridized carbons (Fsp3) is 0.471. The van der Waals surface area contributed by atoms with Crippen molar-refractivity contribution in [3.63, 3.8) is 0 Å². The highest BCUT2D eigenvalue weighted by Gasteiger charge is 2.35. The maximum Gasteiger partial charge on any atom is 0.225 e. The summed E-state index contributed by atoms with van der Waals surface area (Å²) in [5, 5.41) is 1.60. The third-order valence-corrected chi connectivity index (χ3v) is 4.89. The second-order valence-electron chi connectivity index (χ2n) is 6.31. The number of aromatic nitrogens is 2. The van der Waals surface area contributed by atoms with Gasteiger partial charge in [0.2, 0.25) is 5.91 Å². The van der Waals surface area contributed by atoms with E-state index in [1.165, 1.54) is 0 Å². The molecule has 0 aromatic carbocycles. The second kappa shape index (κ2) is 5.51. The van der Waals surface area contributed by atoms with Gasteiger partial charge < -0.3 is 4.90 Å². The van der Waals surface area contributed by atoms with Gasteiger partial charge in [0.1, 0.15) is 0 Å². The predicted octanol–water partition coefficient (Wildman–Crippen LogP) is 3.40. The molecule has 0 unspecified atom stereocenters. The van der Waals surface area contributed by atoms with Crippen molar-refractivity contribution < 1.29 is 4.79 Å². The molecule has 4 rings (SSSR count). The first-order valence-corrected chi connectivity index (χ1v) is 8.29. The number of amides is 1. The molecular weight excluding hydrogens is 298 g/mol. The van der Waals surface area contributed by atoms with Gasteiger partial charge in [-0.2, -0.15) is 0 Å². The van der Waals surface area contributed by atoms with Crippen LogP contribution in [0.25, 0.3) is 11.0 Å². The number of halogens is 1. The van der Waals surface area contributed by atoms with Crippen molar-refractivity contribution in [3.8, 4) is 0 Å². The first-order chi connectivity index (χ1) is 10.7. The molecule has 0 N–H and O–H groups in total. The molecule has 2 fully saturated rings. The molecular formula is C17H18ClN3O. The summed E-state index contributed by atoms with van der Waals surface area (Å²) in [6.07, 6.45) is 5.78. The molecule has 2 aromatic rings. The third-order valence-electron chi connectivity index (χ3n) is 4.68. The van der Waals surface area contributed by atoms with Crippen LogP contribution in [0.5, 0.6) is 0 Å².